The summed E-state index contributed by atoms with van der Waals surface area (Å²) in [6.45, 7) is 48.6. The average Bonchev–Trinajstić information content (AvgIpc) is 1.67. The van der Waals surface area contributed by atoms with Crippen LogP contribution in [0.3, 0.4) is 0 Å². The minimum atomic E-state index is -2.09. The number of nitrogens with one attached hydrogen (secondary N) is 10. The van der Waals surface area contributed by atoms with Gasteiger partial charge in [0.2, 0.25) is 28.4 Å². The molecule has 0 spiro atoms. The Morgan fingerprint density at radius 3 is 0.721 bits per heavy atom. The van der Waals surface area contributed by atoms with Gasteiger partial charge in [-0.3, -0.25) is 72.9 Å². The van der Waals surface area contributed by atoms with Crippen molar-refractivity contribution in [3.8, 4) is 56.3 Å². The second-order valence-corrected chi connectivity index (χ2v) is 33.0. The van der Waals surface area contributed by atoms with Crippen molar-refractivity contribution >= 4 is 116 Å². The Labute approximate surface area is 840 Å². The van der Waals surface area contributed by atoms with Gasteiger partial charge in [-0.15, -0.1) is 0 Å². The van der Waals surface area contributed by atoms with Crippen molar-refractivity contribution < 1.29 is 61.8 Å². The lowest BCUT2D eigenvalue weighted by atomic mass is 10.1. The molecule has 0 aliphatic heterocycles. The van der Waals surface area contributed by atoms with Gasteiger partial charge in [-0.25, -0.2) is 24.2 Å². The van der Waals surface area contributed by atoms with Crippen LogP contribution in [0.5, 0.6) is 0 Å². The zero-order valence-corrected chi connectivity index (χ0v) is 79.8. The molecule has 0 radical (unpaired) electrons. The second kappa shape index (κ2) is 48.8. The topological polar surface area (TPSA) is 501 Å². The summed E-state index contributed by atoms with van der Waals surface area (Å²) in [5, 5.41) is 116. The van der Waals surface area contributed by atoms with E-state index in [0.717, 1.165) is 26.9 Å². The number of nitrogens with zero attached hydrogens (tertiary/aromatic N) is 20. The zero-order chi connectivity index (χ0) is 110. The Hall–Kier alpha value is -15.8. The van der Waals surface area contributed by atoms with Gasteiger partial charge in [0, 0.05) is 114 Å². The van der Waals surface area contributed by atoms with Crippen molar-refractivity contribution in [1.82, 2.24) is 126 Å². The van der Waals surface area contributed by atoms with Gasteiger partial charge in [-0.1, -0.05) is 119 Å². The fourth-order valence-corrected chi connectivity index (χ4v) is 13.8. The Bertz CT molecular complexity index is 7270. The lowest BCUT2D eigenvalue weighted by Crippen LogP contribution is -2.36. The van der Waals surface area contributed by atoms with Crippen molar-refractivity contribution in [2.24, 2.45) is 0 Å². The van der Waals surface area contributed by atoms with Crippen molar-refractivity contribution in [2.75, 3.05) is 0 Å². The molecule has 0 fully saturated rings. The maximum absolute atomic E-state index is 12.4. The Morgan fingerprint density at radius 2 is 0.514 bits per heavy atom. The fraction of sp³-hybridized carbons (Fsp3) is 0.263. The van der Waals surface area contributed by atoms with E-state index in [1.807, 2.05) is 26.0 Å². The molecule has 10 atom stereocenters. The number of rotatable bonds is 30. The fourth-order valence-electron chi connectivity index (χ4n) is 12.7. The predicted molar refractivity (Wildman–Crippen MR) is 525 cm³/mol. The van der Waals surface area contributed by atoms with E-state index in [9.17, 15) is 49.5 Å². The van der Waals surface area contributed by atoms with Crippen LogP contribution >= 0.6 is 58.0 Å². The van der Waals surface area contributed by atoms with Gasteiger partial charge >= 0.3 is 0 Å². The van der Waals surface area contributed by atoms with E-state index in [-0.39, 0.29) is 87.1 Å². The zero-order valence-electron chi connectivity index (χ0n) is 85.0. The van der Waals surface area contributed by atoms with E-state index < -0.39 is 84.5 Å². The Morgan fingerprint density at radius 1 is 0.314 bits per heavy atom. The monoisotopic (exact) mass is 2000 g/mol. The predicted octanol–water partition coefficient (Wildman–Crippen LogP) is 16.7. The molecule has 15 N–H and O–H groups in total. The number of halogens is 5. The Kier molecular flexibility index (Phi) is 32.1. The number of aromatic amines is 5. The van der Waals surface area contributed by atoms with Gasteiger partial charge in [0.15, 0.2) is 0 Å². The van der Waals surface area contributed by atoms with Crippen LogP contribution in [0.1, 0.15) is 193 Å². The molecule has 0 aliphatic carbocycles. The number of aliphatic hydroxyl groups is 5. The molecule has 10 heterocycles. The van der Waals surface area contributed by atoms with Crippen LogP contribution in [0.15, 0.2) is 183 Å². The van der Waals surface area contributed by atoms with Gasteiger partial charge in [-0.2, -0.15) is 51.0 Å². The van der Waals surface area contributed by atoms with Crippen molar-refractivity contribution in [3.05, 3.63) is 322 Å². The van der Waals surface area contributed by atoms with E-state index >= 15 is 0 Å². The first-order valence-corrected chi connectivity index (χ1v) is 43.7. The summed E-state index contributed by atoms with van der Waals surface area (Å²) < 4.78 is 78.9. The molecule has 0 saturated carbocycles. The van der Waals surface area contributed by atoms with Gasteiger partial charge in [0.1, 0.15) is 28.5 Å². The number of benzene rings is 5. The number of carbonyl (C=O) groups is 5. The summed E-state index contributed by atoms with van der Waals surface area (Å²) in [5.41, 5.74) is 9.04. The van der Waals surface area contributed by atoms with Crippen LogP contribution in [0.4, 0.5) is 28.4 Å². The van der Waals surface area contributed by atoms with Crippen LogP contribution in [-0.4, -0.2) is 185 Å². The quantitative estimate of drug-likeness (QED) is 0.0186. The summed E-state index contributed by atoms with van der Waals surface area (Å²) in [6.07, 6.45) is -1.07. The van der Waals surface area contributed by atoms with Gasteiger partial charge in [0.05, 0.1) is 165 Å². The normalized spacial score (nSPS) is 15.6. The van der Waals surface area contributed by atoms with Crippen molar-refractivity contribution in [2.45, 2.75) is 162 Å². The molecule has 0 bridgehead atoms. The maximum Gasteiger partial charge on any atom is 0.272 e. The van der Waals surface area contributed by atoms with E-state index in [2.05, 4.69) is 127 Å². The molecule has 40 nitrogen and oxygen atoms in total. The third kappa shape index (κ3) is 28.9. The minimum Gasteiger partial charge on any atom is -0.387 e. The number of carbonyl (C=O) groups excluding carboxylic acids is 5. The van der Waals surface area contributed by atoms with Crippen molar-refractivity contribution in [3.63, 3.8) is 0 Å². The molecular weight excluding hydrogens is 1900 g/mol. The van der Waals surface area contributed by atoms with Gasteiger partial charge in [0.25, 0.3) is 29.5 Å². The molecule has 0 saturated heterocycles. The number of hydrogen-bond donors (Lipinski definition) is 15. The summed E-state index contributed by atoms with van der Waals surface area (Å²) in [6, 6.07) is 36.0. The summed E-state index contributed by atoms with van der Waals surface area (Å²) in [4.78, 5) is 78.4. The van der Waals surface area contributed by atoms with Crippen LogP contribution in [-0.2, 0) is 32.7 Å². The smallest absolute Gasteiger partial charge is 0.272 e. The maximum atomic E-state index is 12.4. The molecule has 45 heteroatoms. The molecule has 15 aromatic rings. The van der Waals surface area contributed by atoms with E-state index in [1.165, 1.54) is 101 Å². The summed E-state index contributed by atoms with van der Waals surface area (Å²) in [7, 11) is 0. The number of H-pyrrole nitrogens is 5. The highest BCUT2D eigenvalue weighted by Crippen LogP contribution is 2.36. The first-order chi connectivity index (χ1) is 69.7. The van der Waals surface area contributed by atoms with Crippen molar-refractivity contribution in [1.29, 1.82) is 0 Å². The second-order valence-electron chi connectivity index (χ2n) is 31.0. The van der Waals surface area contributed by atoms with Gasteiger partial charge in [-0.05, 0) is 160 Å². The molecule has 5 aromatic carbocycles. The molecule has 720 valence electrons. The van der Waals surface area contributed by atoms with Crippen LogP contribution < -0.4 is 26.6 Å². The highest BCUT2D eigenvalue weighted by Gasteiger charge is 2.24. The third-order valence-electron chi connectivity index (χ3n) is 19.8. The lowest BCUT2D eigenvalue weighted by Gasteiger charge is -2.13. The third-order valence-corrected chi connectivity index (χ3v) is 21.3. The van der Waals surface area contributed by atoms with Crippen LogP contribution in [0.2, 0.25) is 25.1 Å². The van der Waals surface area contributed by atoms with E-state index in [1.54, 1.807) is 143 Å². The van der Waals surface area contributed by atoms with Gasteiger partial charge < -0.3 is 52.1 Å². The molecule has 10 aromatic heterocycles. The molecule has 5 unspecified atom stereocenters. The number of hydrogen-bond acceptors (Lipinski definition) is 20. The largest absolute Gasteiger partial charge is 0.387 e. The lowest BCUT2D eigenvalue weighted by molar-refractivity contribution is 0.0922. The molecule has 5 amide bonds. The summed E-state index contributed by atoms with van der Waals surface area (Å²) >= 11 is 30.4. The molecule has 0 aliphatic rings. The number of amides is 5. The average molecular weight is 2000 g/mol. The molecule has 140 heavy (non-hydrogen) atoms. The SMILES string of the molecule is [2H]C(C)(O)c1cc(C(=O)N[C@@H](C)C([2H])([2H])n2ccc(-c3ccc([N+]#[C-])c(Cl)c3)n2)n[nH]1.[2H]C(C)(O)c1cc(C(=O)N[C@@H](C)Cn2ccc(-c3ccc([N+]#[C-])c(Cl)c3)n2)n[nH]1.[2H]C(C)(O)c1cc(C(=O)N[C@@H](C)Cn2ccc(-c3ccc([N+]#[C-])c(Cl)c3)n2)n[nH]1.[2H]C(C)(O)c1cc(C(=O)N[C@]([2H])(C)Cn2ccc(-c3ccc([N+]#[C-])c(Cl)c3)n2)n[nH]1.[2H]C(C)(O)c1cc(C(=O)N[C@]([2H])(C)Cn2ccc(-c3ccc([N+]#[C-])c(Cl)c3)n2)n[nH]1. The van der Waals surface area contributed by atoms with Crippen LogP contribution in [0, 0.1) is 32.9 Å². The molecular formula is C95H95Cl5N30O10. The molecule has 15 rings (SSSR count). The number of aromatic nitrogens is 20. The van der Waals surface area contributed by atoms with E-state index in [0.29, 0.717) is 95.7 Å². The minimum absolute atomic E-state index is 0.0351. The highest BCUT2D eigenvalue weighted by atomic mass is 35.5. The first kappa shape index (κ1) is 92.0. The summed E-state index contributed by atoms with van der Waals surface area (Å²) in [5.74, 6) is -2.74. The first-order valence-electron chi connectivity index (χ1n) is 46.3. The highest BCUT2D eigenvalue weighted by molar-refractivity contribution is 6.35. The van der Waals surface area contributed by atoms with E-state index in [4.69, 9.17) is 103 Å². The Balaban J connectivity index is 0.000000177. The standard InChI is InChI=1S/5C19H19ClN6O2/c5*1-11(22-19(28)18-9-17(12(2)27)23-24-18)10-26-7-6-15(25-26)13-4-5-16(21-3)14(20)8-13/h5*4-9,11-12,27H,10H2,1-2H3,(H,22,28)(H,23,24)/t5*11-,12?/m11000/s1/i2*11D,12D;10D2,12D;2*12D. The van der Waals surface area contributed by atoms with Crippen LogP contribution in [0.25, 0.3) is 80.5 Å².